The van der Waals surface area contributed by atoms with Crippen molar-refractivity contribution < 1.29 is 4.79 Å². The van der Waals surface area contributed by atoms with E-state index in [1.165, 1.54) is 0 Å². The van der Waals surface area contributed by atoms with Crippen molar-refractivity contribution in [3.05, 3.63) is 23.3 Å². The van der Waals surface area contributed by atoms with Gasteiger partial charge in [-0.05, 0) is 32.3 Å². The molecule has 17 heavy (non-hydrogen) atoms. The number of aromatic nitrogens is 2. The van der Waals surface area contributed by atoms with Crippen LogP contribution in [0.25, 0.3) is 0 Å². The Kier molecular flexibility index (Phi) is 3.41. The first-order chi connectivity index (χ1) is 8.08. The van der Waals surface area contributed by atoms with E-state index in [1.54, 1.807) is 6.92 Å². The lowest BCUT2D eigenvalue weighted by Gasteiger charge is -2.31. The summed E-state index contributed by atoms with van der Waals surface area (Å²) in [5.41, 5.74) is 2.16. The van der Waals surface area contributed by atoms with Gasteiger partial charge in [-0.3, -0.25) is 4.79 Å². The minimum atomic E-state index is 0.151. The first-order valence-electron chi connectivity index (χ1n) is 6.13. The summed E-state index contributed by atoms with van der Waals surface area (Å²) in [6.07, 6.45) is 4.00. The quantitative estimate of drug-likeness (QED) is 0.743. The van der Waals surface area contributed by atoms with Gasteiger partial charge in [0.25, 0.3) is 0 Å². The zero-order valence-corrected chi connectivity index (χ0v) is 10.7. The van der Waals surface area contributed by atoms with Crippen LogP contribution in [-0.2, 0) is 4.79 Å². The molecule has 4 heteroatoms. The van der Waals surface area contributed by atoms with Gasteiger partial charge in [0.05, 0.1) is 0 Å². The van der Waals surface area contributed by atoms with Crippen LogP contribution >= 0.6 is 0 Å². The van der Waals surface area contributed by atoms with Crippen molar-refractivity contribution in [3.63, 3.8) is 0 Å². The number of piperidine rings is 1. The third-order valence-electron chi connectivity index (χ3n) is 3.48. The summed E-state index contributed by atoms with van der Waals surface area (Å²) in [5, 5.41) is 0. The molecule has 0 N–H and O–H groups in total. The number of carbonyl (C=O) groups excluding carboxylic acids is 1. The smallest absolute Gasteiger partial charge is 0.219 e. The molecular formula is C13H19N3O. The second-order valence-electron chi connectivity index (χ2n) is 4.80. The van der Waals surface area contributed by atoms with E-state index < -0.39 is 0 Å². The molecule has 2 heterocycles. The Morgan fingerprint density at radius 1 is 1.47 bits per heavy atom. The van der Waals surface area contributed by atoms with Crippen molar-refractivity contribution in [1.29, 1.82) is 0 Å². The molecule has 1 aromatic rings. The molecule has 0 spiro atoms. The normalized spacial score (nSPS) is 20.4. The van der Waals surface area contributed by atoms with Gasteiger partial charge in [-0.25, -0.2) is 9.97 Å². The van der Waals surface area contributed by atoms with Gasteiger partial charge in [0.15, 0.2) is 0 Å². The summed E-state index contributed by atoms with van der Waals surface area (Å²) in [7, 11) is 0. The van der Waals surface area contributed by atoms with Crippen molar-refractivity contribution in [3.8, 4) is 0 Å². The number of hydrogen-bond acceptors (Lipinski definition) is 3. The Hall–Kier alpha value is -1.45. The molecule has 1 amide bonds. The first-order valence-corrected chi connectivity index (χ1v) is 6.13. The minimum absolute atomic E-state index is 0.151. The number of nitrogens with zero attached hydrogens (tertiary/aromatic N) is 3. The molecule has 1 fully saturated rings. The number of carbonyl (C=O) groups is 1. The number of amides is 1. The van der Waals surface area contributed by atoms with Crippen LogP contribution in [0.1, 0.15) is 42.8 Å². The highest BCUT2D eigenvalue weighted by Crippen LogP contribution is 2.24. The summed E-state index contributed by atoms with van der Waals surface area (Å²) >= 11 is 0. The Morgan fingerprint density at radius 3 is 2.88 bits per heavy atom. The lowest BCUT2D eigenvalue weighted by atomic mass is 9.97. The van der Waals surface area contributed by atoms with Gasteiger partial charge in [0.2, 0.25) is 5.91 Å². The van der Waals surface area contributed by atoms with Gasteiger partial charge < -0.3 is 4.90 Å². The second kappa shape index (κ2) is 4.82. The molecule has 1 aliphatic heterocycles. The maximum Gasteiger partial charge on any atom is 0.219 e. The van der Waals surface area contributed by atoms with Crippen LogP contribution < -0.4 is 0 Å². The van der Waals surface area contributed by atoms with Crippen LogP contribution in [0.5, 0.6) is 0 Å². The molecule has 0 radical (unpaired) electrons. The zero-order chi connectivity index (χ0) is 12.4. The maximum absolute atomic E-state index is 11.4. The van der Waals surface area contributed by atoms with E-state index in [9.17, 15) is 4.79 Å². The van der Waals surface area contributed by atoms with E-state index >= 15 is 0 Å². The molecule has 1 aliphatic rings. The molecule has 0 aromatic carbocycles. The Morgan fingerprint density at radius 2 is 2.24 bits per heavy atom. The van der Waals surface area contributed by atoms with Gasteiger partial charge in [0.1, 0.15) is 5.82 Å². The van der Waals surface area contributed by atoms with Crippen LogP contribution in [-0.4, -0.2) is 33.9 Å². The highest BCUT2D eigenvalue weighted by atomic mass is 16.2. The fourth-order valence-electron chi connectivity index (χ4n) is 2.22. The highest BCUT2D eigenvalue weighted by molar-refractivity contribution is 5.73. The molecule has 1 aromatic heterocycles. The van der Waals surface area contributed by atoms with E-state index in [2.05, 4.69) is 9.97 Å². The number of rotatable bonds is 1. The summed E-state index contributed by atoms with van der Waals surface area (Å²) in [6.45, 7) is 7.28. The van der Waals surface area contributed by atoms with Crippen molar-refractivity contribution in [2.45, 2.75) is 39.5 Å². The van der Waals surface area contributed by atoms with Crippen LogP contribution in [0.2, 0.25) is 0 Å². The lowest BCUT2D eigenvalue weighted by Crippen LogP contribution is -2.38. The lowest BCUT2D eigenvalue weighted by molar-refractivity contribution is -0.130. The molecule has 1 saturated heterocycles. The minimum Gasteiger partial charge on any atom is -0.342 e. The molecule has 2 rings (SSSR count). The predicted octanol–water partition coefficient (Wildman–Crippen LogP) is 1.82. The van der Waals surface area contributed by atoms with E-state index in [4.69, 9.17) is 0 Å². The number of likely N-dealkylation sites (tertiary alicyclic amines) is 1. The number of hydrogen-bond donors (Lipinski definition) is 0. The number of aryl methyl sites for hydroxylation is 2. The molecule has 1 unspecified atom stereocenters. The van der Waals surface area contributed by atoms with Crippen LogP contribution in [0, 0.1) is 13.8 Å². The Bertz CT molecular complexity index is 431. The highest BCUT2D eigenvalue weighted by Gasteiger charge is 2.24. The molecule has 0 bridgehead atoms. The first kappa shape index (κ1) is 12.0. The Balaban J connectivity index is 2.16. The van der Waals surface area contributed by atoms with Gasteiger partial charge in [-0.15, -0.1) is 0 Å². The third-order valence-corrected chi connectivity index (χ3v) is 3.48. The topological polar surface area (TPSA) is 46.1 Å². The van der Waals surface area contributed by atoms with Crippen LogP contribution in [0.3, 0.4) is 0 Å². The monoisotopic (exact) mass is 233 g/mol. The van der Waals surface area contributed by atoms with Crippen molar-refractivity contribution in [1.82, 2.24) is 14.9 Å². The molecule has 4 nitrogen and oxygen atoms in total. The summed E-state index contributed by atoms with van der Waals surface area (Å²) in [5.74, 6) is 1.34. The molecular weight excluding hydrogens is 214 g/mol. The van der Waals surface area contributed by atoms with E-state index in [-0.39, 0.29) is 5.91 Å². The van der Waals surface area contributed by atoms with E-state index in [0.29, 0.717) is 5.92 Å². The standard InChI is InChI=1S/C13H19N3O/c1-9-7-14-13(15-10(9)2)12-5-4-6-16(8-12)11(3)17/h7,12H,4-6,8H2,1-3H3. The molecule has 0 saturated carbocycles. The summed E-state index contributed by atoms with van der Waals surface area (Å²) in [6, 6.07) is 0. The molecule has 1 atom stereocenters. The molecule has 92 valence electrons. The average Bonchev–Trinajstić information content (AvgIpc) is 2.33. The SMILES string of the molecule is CC(=O)N1CCCC(c2ncc(C)c(C)n2)C1. The van der Waals surface area contributed by atoms with Gasteiger partial charge in [-0.1, -0.05) is 0 Å². The largest absolute Gasteiger partial charge is 0.342 e. The Labute approximate surface area is 102 Å². The van der Waals surface area contributed by atoms with Crippen molar-refractivity contribution in [2.75, 3.05) is 13.1 Å². The van der Waals surface area contributed by atoms with Crippen molar-refractivity contribution in [2.24, 2.45) is 0 Å². The zero-order valence-electron chi connectivity index (χ0n) is 10.7. The summed E-state index contributed by atoms with van der Waals surface area (Å²) < 4.78 is 0. The van der Waals surface area contributed by atoms with Crippen molar-refractivity contribution >= 4 is 5.91 Å². The van der Waals surface area contributed by atoms with Gasteiger partial charge in [-0.2, -0.15) is 0 Å². The van der Waals surface area contributed by atoms with E-state index in [0.717, 1.165) is 43.0 Å². The fourth-order valence-corrected chi connectivity index (χ4v) is 2.22. The second-order valence-corrected chi connectivity index (χ2v) is 4.80. The predicted molar refractivity (Wildman–Crippen MR) is 65.7 cm³/mol. The van der Waals surface area contributed by atoms with Gasteiger partial charge >= 0.3 is 0 Å². The van der Waals surface area contributed by atoms with E-state index in [1.807, 2.05) is 24.9 Å². The fraction of sp³-hybridized carbons (Fsp3) is 0.615. The maximum atomic E-state index is 11.4. The summed E-state index contributed by atoms with van der Waals surface area (Å²) in [4.78, 5) is 22.2. The average molecular weight is 233 g/mol. The van der Waals surface area contributed by atoms with Gasteiger partial charge in [0, 0.05) is 37.8 Å². The van der Waals surface area contributed by atoms with Crippen LogP contribution in [0.15, 0.2) is 6.20 Å². The molecule has 0 aliphatic carbocycles. The third kappa shape index (κ3) is 2.62. The van der Waals surface area contributed by atoms with Crippen LogP contribution in [0.4, 0.5) is 0 Å².